The first kappa shape index (κ1) is 29.1. The van der Waals surface area contributed by atoms with Gasteiger partial charge in [0.2, 0.25) is 11.8 Å². The van der Waals surface area contributed by atoms with Gasteiger partial charge in [-0.15, -0.1) is 11.3 Å². The number of nitrogens with zero attached hydrogens (tertiary/aromatic N) is 2. The maximum Gasteiger partial charge on any atom is 0.461 e. The maximum absolute atomic E-state index is 13.4. The molecule has 208 valence electrons. The van der Waals surface area contributed by atoms with E-state index < -0.39 is 47.8 Å². The lowest BCUT2D eigenvalue weighted by Gasteiger charge is -2.16. The van der Waals surface area contributed by atoms with Crippen LogP contribution >= 0.6 is 11.3 Å². The summed E-state index contributed by atoms with van der Waals surface area (Å²) in [5.74, 6) is -2.05. The highest BCUT2D eigenvalue weighted by Gasteiger charge is 2.44. The SMILES string of the molecule is NC(=O)/C=C/CCC(NC(=O)O)C(=O)Nc1cccn(Cc2nc3cccc(OC(F)(F)C(F)F)c3s2)c1=O. The third-order valence-electron chi connectivity index (χ3n) is 5.03. The molecule has 0 aliphatic carbocycles. The van der Waals surface area contributed by atoms with Crippen molar-refractivity contribution in [2.45, 2.75) is 38.0 Å². The van der Waals surface area contributed by atoms with Crippen LogP contribution in [-0.4, -0.2) is 51.1 Å². The number of amides is 3. The Bertz CT molecular complexity index is 1460. The zero-order valence-electron chi connectivity index (χ0n) is 19.8. The highest BCUT2D eigenvalue weighted by molar-refractivity contribution is 7.19. The molecule has 1 aromatic carbocycles. The Labute approximate surface area is 220 Å². The van der Waals surface area contributed by atoms with Crippen LogP contribution in [0, 0.1) is 0 Å². The predicted molar refractivity (Wildman–Crippen MR) is 132 cm³/mol. The van der Waals surface area contributed by atoms with Crippen LogP contribution in [0.15, 0.2) is 53.5 Å². The van der Waals surface area contributed by atoms with Crippen molar-refractivity contribution in [1.82, 2.24) is 14.9 Å². The molecule has 5 N–H and O–H groups in total. The largest absolute Gasteiger partial charge is 0.465 e. The molecule has 39 heavy (non-hydrogen) atoms. The molecule has 3 aromatic rings. The van der Waals surface area contributed by atoms with E-state index in [0.717, 1.165) is 28.0 Å². The summed E-state index contributed by atoms with van der Waals surface area (Å²) in [4.78, 5) is 51.7. The van der Waals surface area contributed by atoms with Gasteiger partial charge in [-0.1, -0.05) is 12.1 Å². The molecule has 0 aliphatic heterocycles. The van der Waals surface area contributed by atoms with E-state index in [4.69, 9.17) is 10.8 Å². The van der Waals surface area contributed by atoms with Crippen molar-refractivity contribution in [3.8, 4) is 5.75 Å². The summed E-state index contributed by atoms with van der Waals surface area (Å²) in [5, 5.41) is 13.7. The molecule has 0 saturated carbocycles. The van der Waals surface area contributed by atoms with Crippen molar-refractivity contribution < 1.29 is 41.8 Å². The van der Waals surface area contributed by atoms with E-state index in [1.807, 2.05) is 5.32 Å². The third-order valence-corrected chi connectivity index (χ3v) is 6.10. The monoisotopic (exact) mass is 571 g/mol. The fourth-order valence-corrected chi connectivity index (χ4v) is 4.32. The molecular weight excluding hydrogens is 550 g/mol. The first-order chi connectivity index (χ1) is 18.4. The van der Waals surface area contributed by atoms with Crippen LogP contribution in [0.3, 0.4) is 0 Å². The van der Waals surface area contributed by atoms with Gasteiger partial charge in [-0.25, -0.2) is 9.78 Å². The normalized spacial score (nSPS) is 12.5. The summed E-state index contributed by atoms with van der Waals surface area (Å²) in [6.45, 7) is -0.165. The third kappa shape index (κ3) is 7.76. The standard InChI is InChI=1S/C23H21F4N5O6S/c24-21(25)23(26,27)38-15-8-3-6-12-18(15)39-17(29-12)11-32-10-4-7-14(20(32)35)30-19(34)13(31-22(36)37)5-1-2-9-16(28)33/h2-4,6-10,13,21,31H,1,5,11H2,(H2,28,33)(H,30,34)(H,36,37)/b9-2+. The lowest BCUT2D eigenvalue weighted by Crippen LogP contribution is -2.44. The first-order valence-corrected chi connectivity index (χ1v) is 11.9. The summed E-state index contributed by atoms with van der Waals surface area (Å²) in [5.41, 5.74) is 4.29. The minimum Gasteiger partial charge on any atom is -0.465 e. The first-order valence-electron chi connectivity index (χ1n) is 11.1. The van der Waals surface area contributed by atoms with E-state index in [1.165, 1.54) is 36.5 Å². The second-order valence-electron chi connectivity index (χ2n) is 7.90. The van der Waals surface area contributed by atoms with E-state index in [1.54, 1.807) is 0 Å². The number of allylic oxidation sites excluding steroid dienone is 1. The smallest absolute Gasteiger partial charge is 0.461 e. The van der Waals surface area contributed by atoms with Crippen LogP contribution in [-0.2, 0) is 16.1 Å². The number of anilines is 1. The molecule has 2 aromatic heterocycles. The molecule has 1 atom stereocenters. The summed E-state index contributed by atoms with van der Waals surface area (Å²) in [7, 11) is 0. The Morgan fingerprint density at radius 3 is 2.64 bits per heavy atom. The van der Waals surface area contributed by atoms with Crippen molar-refractivity contribution in [2.24, 2.45) is 5.73 Å². The number of aromatic nitrogens is 2. The van der Waals surface area contributed by atoms with Gasteiger partial charge >= 0.3 is 18.6 Å². The van der Waals surface area contributed by atoms with Gasteiger partial charge in [-0.05, 0) is 43.2 Å². The van der Waals surface area contributed by atoms with Gasteiger partial charge in [-0.3, -0.25) is 14.4 Å². The van der Waals surface area contributed by atoms with Crippen LogP contribution in [0.4, 0.5) is 28.0 Å². The van der Waals surface area contributed by atoms with Crippen LogP contribution in [0.25, 0.3) is 10.2 Å². The highest BCUT2D eigenvalue weighted by Crippen LogP contribution is 2.36. The van der Waals surface area contributed by atoms with Gasteiger partial charge in [0.05, 0.1) is 16.8 Å². The number of halogens is 4. The van der Waals surface area contributed by atoms with Gasteiger partial charge in [-0.2, -0.15) is 17.6 Å². The second-order valence-corrected chi connectivity index (χ2v) is 8.99. The van der Waals surface area contributed by atoms with Gasteiger partial charge in [0.25, 0.3) is 5.56 Å². The van der Waals surface area contributed by atoms with Gasteiger partial charge in [0, 0.05) is 6.20 Å². The number of fused-ring (bicyclic) bond motifs is 1. The predicted octanol–water partition coefficient (Wildman–Crippen LogP) is 3.14. The Morgan fingerprint density at radius 2 is 1.97 bits per heavy atom. The molecule has 2 heterocycles. The van der Waals surface area contributed by atoms with E-state index in [9.17, 15) is 36.7 Å². The lowest BCUT2D eigenvalue weighted by atomic mass is 10.1. The van der Waals surface area contributed by atoms with Crippen molar-refractivity contribution in [2.75, 3.05) is 5.32 Å². The molecule has 0 fully saturated rings. The molecule has 3 rings (SSSR count). The van der Waals surface area contributed by atoms with Crippen molar-refractivity contribution in [1.29, 1.82) is 0 Å². The summed E-state index contributed by atoms with van der Waals surface area (Å²) < 4.78 is 57.5. The zero-order valence-corrected chi connectivity index (χ0v) is 20.6. The minimum atomic E-state index is -4.71. The molecule has 1 unspecified atom stereocenters. The molecule has 16 heteroatoms. The number of benzene rings is 1. The lowest BCUT2D eigenvalue weighted by molar-refractivity contribution is -0.252. The van der Waals surface area contributed by atoms with Gasteiger partial charge in [0.1, 0.15) is 22.5 Å². The second kappa shape index (κ2) is 12.4. The number of nitrogens with two attached hydrogens (primary N) is 1. The number of primary amides is 1. The van der Waals surface area contributed by atoms with E-state index in [0.29, 0.717) is 0 Å². The molecule has 11 nitrogen and oxygen atoms in total. The Kier molecular flexibility index (Phi) is 9.24. The molecule has 0 spiro atoms. The Morgan fingerprint density at radius 1 is 1.23 bits per heavy atom. The average molecular weight is 572 g/mol. The number of carbonyl (C=O) groups excluding carboxylic acids is 2. The fourth-order valence-electron chi connectivity index (χ4n) is 3.31. The van der Waals surface area contributed by atoms with E-state index in [2.05, 4.69) is 15.0 Å². The van der Waals surface area contributed by atoms with E-state index >= 15 is 0 Å². The number of carbonyl (C=O) groups is 3. The van der Waals surface area contributed by atoms with E-state index in [-0.39, 0.29) is 40.3 Å². The summed E-state index contributed by atoms with van der Waals surface area (Å²) in [6, 6.07) is 5.30. The molecular formula is C23H21F4N5O6S. The molecule has 3 amide bonds. The summed E-state index contributed by atoms with van der Waals surface area (Å²) >= 11 is 0.849. The van der Waals surface area contributed by atoms with Crippen molar-refractivity contribution in [3.63, 3.8) is 0 Å². The van der Waals surface area contributed by atoms with Crippen molar-refractivity contribution in [3.05, 3.63) is 64.0 Å². The van der Waals surface area contributed by atoms with Gasteiger partial charge < -0.3 is 30.8 Å². The number of hydrogen-bond acceptors (Lipinski definition) is 7. The fraction of sp³-hybridized carbons (Fsp3) is 0.261. The minimum absolute atomic E-state index is 0.0380. The number of rotatable bonds is 12. The number of pyridine rings is 1. The van der Waals surface area contributed by atoms with Crippen LogP contribution in [0.1, 0.15) is 17.8 Å². The zero-order chi connectivity index (χ0) is 28.7. The molecule has 0 saturated heterocycles. The quantitative estimate of drug-likeness (QED) is 0.191. The molecule has 0 aliphatic rings. The number of ether oxygens (including phenoxy) is 1. The Hall–Kier alpha value is -4.47. The molecule has 0 radical (unpaired) electrons. The van der Waals surface area contributed by atoms with Crippen LogP contribution < -0.4 is 26.7 Å². The topological polar surface area (TPSA) is 166 Å². The number of hydrogen-bond donors (Lipinski definition) is 4. The number of carboxylic acid groups (broad SMARTS) is 1. The van der Waals surface area contributed by atoms with Crippen LogP contribution in [0.2, 0.25) is 0 Å². The highest BCUT2D eigenvalue weighted by atomic mass is 32.1. The van der Waals surface area contributed by atoms with Gasteiger partial charge in [0.15, 0.2) is 0 Å². The average Bonchev–Trinajstić information content (AvgIpc) is 3.26. The Balaban J connectivity index is 1.79. The number of thiazole rings is 1. The molecule has 0 bridgehead atoms. The number of alkyl halides is 4. The number of nitrogens with one attached hydrogen (secondary N) is 2. The summed E-state index contributed by atoms with van der Waals surface area (Å²) in [6.07, 6.45) is -6.35. The van der Waals surface area contributed by atoms with Crippen LogP contribution in [0.5, 0.6) is 5.75 Å². The van der Waals surface area contributed by atoms with Crippen molar-refractivity contribution >= 4 is 45.1 Å². The maximum atomic E-state index is 13.4.